The molecule has 4 N–H and O–H groups in total. The fourth-order valence-corrected chi connectivity index (χ4v) is 2.80. The number of rotatable bonds is 6. The van der Waals surface area contributed by atoms with Crippen LogP contribution in [0, 0.1) is 0 Å². The van der Waals surface area contributed by atoms with E-state index in [2.05, 4.69) is 21.2 Å². The standard InChI is InChI=1S/C15H16BrN3O5/c1-24-15(23)9-7-19(5-6-20)14(22)12(9)18-11-8(13(17)21)3-2-4-10(11)16/h2-4,18,20H,5-7H2,1H3,(H2,17,21). The van der Waals surface area contributed by atoms with E-state index in [4.69, 9.17) is 15.6 Å². The van der Waals surface area contributed by atoms with Crippen LogP contribution in [0.25, 0.3) is 0 Å². The first-order chi connectivity index (χ1) is 11.4. The number of esters is 1. The minimum absolute atomic E-state index is 0.00472. The van der Waals surface area contributed by atoms with Crippen LogP contribution in [0.1, 0.15) is 10.4 Å². The van der Waals surface area contributed by atoms with Gasteiger partial charge in [-0.25, -0.2) is 4.79 Å². The highest BCUT2D eigenvalue weighted by atomic mass is 79.9. The molecule has 2 rings (SSSR count). The second-order valence-corrected chi connectivity index (χ2v) is 5.80. The van der Waals surface area contributed by atoms with E-state index in [9.17, 15) is 14.4 Å². The van der Waals surface area contributed by atoms with Gasteiger partial charge in [-0.15, -0.1) is 0 Å². The Morgan fingerprint density at radius 2 is 2.17 bits per heavy atom. The van der Waals surface area contributed by atoms with E-state index in [-0.39, 0.29) is 42.2 Å². The monoisotopic (exact) mass is 397 g/mol. The van der Waals surface area contributed by atoms with Gasteiger partial charge in [-0.1, -0.05) is 6.07 Å². The lowest BCUT2D eigenvalue weighted by Gasteiger charge is -2.16. The van der Waals surface area contributed by atoms with Crippen molar-refractivity contribution < 1.29 is 24.2 Å². The predicted octanol–water partition coefficient (Wildman–Crippen LogP) is 0.221. The van der Waals surface area contributed by atoms with Gasteiger partial charge in [0.05, 0.1) is 37.1 Å². The Morgan fingerprint density at radius 3 is 2.75 bits per heavy atom. The normalized spacial score (nSPS) is 14.1. The van der Waals surface area contributed by atoms with Crippen molar-refractivity contribution in [2.45, 2.75) is 0 Å². The number of β-amino-alcohol motifs (C(OH)–C–C–N with tert-alkyl or cyclic N) is 1. The fraction of sp³-hybridized carbons (Fsp3) is 0.267. The quantitative estimate of drug-likeness (QED) is 0.590. The zero-order valence-corrected chi connectivity index (χ0v) is 14.4. The number of aliphatic hydroxyl groups is 1. The van der Waals surface area contributed by atoms with Gasteiger partial charge >= 0.3 is 5.97 Å². The topological polar surface area (TPSA) is 122 Å². The average Bonchev–Trinajstić information content (AvgIpc) is 2.85. The molecular weight excluding hydrogens is 382 g/mol. The van der Waals surface area contributed by atoms with E-state index in [1.54, 1.807) is 12.1 Å². The van der Waals surface area contributed by atoms with Gasteiger partial charge in [0.25, 0.3) is 11.8 Å². The van der Waals surface area contributed by atoms with Crippen LogP contribution < -0.4 is 11.1 Å². The molecule has 8 nitrogen and oxygen atoms in total. The number of halogens is 1. The van der Waals surface area contributed by atoms with Gasteiger partial charge < -0.3 is 25.8 Å². The van der Waals surface area contributed by atoms with Gasteiger partial charge in [0.15, 0.2) is 0 Å². The number of hydrogen-bond acceptors (Lipinski definition) is 6. The van der Waals surface area contributed by atoms with Gasteiger partial charge in [0.2, 0.25) is 0 Å². The van der Waals surface area contributed by atoms with Gasteiger partial charge in [0, 0.05) is 11.0 Å². The maximum Gasteiger partial charge on any atom is 0.337 e. The number of hydrogen-bond donors (Lipinski definition) is 3. The lowest BCUT2D eigenvalue weighted by molar-refractivity contribution is -0.136. The first-order valence-corrected chi connectivity index (χ1v) is 7.77. The van der Waals surface area contributed by atoms with Crippen molar-refractivity contribution >= 4 is 39.4 Å². The Hall–Kier alpha value is -2.39. The number of carbonyl (C=O) groups is 3. The van der Waals surface area contributed by atoms with Gasteiger partial charge in [0.1, 0.15) is 5.70 Å². The fourth-order valence-electron chi connectivity index (χ4n) is 2.33. The molecule has 0 radical (unpaired) electrons. The largest absolute Gasteiger partial charge is 0.466 e. The van der Waals surface area contributed by atoms with E-state index in [0.29, 0.717) is 4.47 Å². The summed E-state index contributed by atoms with van der Waals surface area (Å²) in [6.07, 6.45) is 0. The number of nitrogens with two attached hydrogens (primary N) is 1. The maximum absolute atomic E-state index is 12.5. The number of benzene rings is 1. The molecule has 1 heterocycles. The number of para-hydroxylation sites is 1. The SMILES string of the molecule is COC(=O)C1=C(Nc2c(Br)cccc2C(N)=O)C(=O)N(CCO)C1. The minimum Gasteiger partial charge on any atom is -0.466 e. The number of amides is 2. The van der Waals surface area contributed by atoms with E-state index >= 15 is 0 Å². The van der Waals surface area contributed by atoms with Crippen molar-refractivity contribution in [2.24, 2.45) is 5.73 Å². The molecule has 0 atom stereocenters. The molecule has 0 unspecified atom stereocenters. The van der Waals surface area contributed by atoms with Crippen LogP contribution in [-0.4, -0.2) is 54.6 Å². The highest BCUT2D eigenvalue weighted by Crippen LogP contribution is 2.30. The minimum atomic E-state index is -0.684. The number of primary amides is 1. The van der Waals surface area contributed by atoms with E-state index in [1.165, 1.54) is 18.1 Å². The van der Waals surface area contributed by atoms with Crippen LogP contribution >= 0.6 is 15.9 Å². The first kappa shape index (κ1) is 18.0. The molecule has 1 aliphatic rings. The summed E-state index contributed by atoms with van der Waals surface area (Å²) in [6, 6.07) is 4.79. The molecule has 0 bridgehead atoms. The molecular formula is C15H16BrN3O5. The second kappa shape index (κ2) is 7.45. The van der Waals surface area contributed by atoms with Crippen molar-refractivity contribution in [1.29, 1.82) is 0 Å². The first-order valence-electron chi connectivity index (χ1n) is 6.97. The number of carbonyl (C=O) groups excluding carboxylic acids is 3. The van der Waals surface area contributed by atoms with Crippen LogP contribution in [0.5, 0.6) is 0 Å². The highest BCUT2D eigenvalue weighted by Gasteiger charge is 2.35. The summed E-state index contributed by atoms with van der Waals surface area (Å²) in [5.74, 6) is -1.83. The molecule has 1 aliphatic heterocycles. The van der Waals surface area contributed by atoms with Crippen LogP contribution in [0.3, 0.4) is 0 Å². The number of nitrogens with one attached hydrogen (secondary N) is 1. The number of ether oxygens (including phenoxy) is 1. The van der Waals surface area contributed by atoms with E-state index < -0.39 is 17.8 Å². The Balaban J connectivity index is 2.47. The number of anilines is 1. The Kier molecular flexibility index (Phi) is 5.58. The van der Waals surface area contributed by atoms with Gasteiger partial charge in [-0.2, -0.15) is 0 Å². The number of aliphatic hydroxyl groups excluding tert-OH is 1. The summed E-state index contributed by atoms with van der Waals surface area (Å²) < 4.78 is 5.21. The van der Waals surface area contributed by atoms with Crippen LogP contribution in [0.15, 0.2) is 33.9 Å². The maximum atomic E-state index is 12.5. The third kappa shape index (κ3) is 3.41. The summed E-state index contributed by atoms with van der Waals surface area (Å²) in [5.41, 5.74) is 5.90. The lowest BCUT2D eigenvalue weighted by atomic mass is 10.1. The van der Waals surface area contributed by atoms with Crippen molar-refractivity contribution in [3.05, 3.63) is 39.5 Å². The molecule has 24 heavy (non-hydrogen) atoms. The summed E-state index contributed by atoms with van der Waals surface area (Å²) >= 11 is 3.29. The summed E-state index contributed by atoms with van der Waals surface area (Å²) in [4.78, 5) is 37.3. The molecule has 0 saturated heterocycles. The number of nitrogens with zero attached hydrogens (tertiary/aromatic N) is 1. The van der Waals surface area contributed by atoms with Crippen molar-refractivity contribution in [2.75, 3.05) is 32.1 Å². The van der Waals surface area contributed by atoms with E-state index in [1.807, 2.05) is 0 Å². The average molecular weight is 398 g/mol. The van der Waals surface area contributed by atoms with E-state index in [0.717, 1.165) is 0 Å². The molecule has 0 saturated carbocycles. The molecule has 1 aromatic carbocycles. The third-order valence-electron chi connectivity index (χ3n) is 3.48. The summed E-state index contributed by atoms with van der Waals surface area (Å²) in [7, 11) is 1.21. The lowest BCUT2D eigenvalue weighted by Crippen LogP contribution is -2.31. The third-order valence-corrected chi connectivity index (χ3v) is 4.14. The summed E-state index contributed by atoms with van der Waals surface area (Å²) in [5, 5.41) is 11.9. The number of methoxy groups -OCH3 is 1. The molecule has 9 heteroatoms. The molecule has 0 aliphatic carbocycles. The second-order valence-electron chi connectivity index (χ2n) is 4.95. The molecule has 2 amide bonds. The Morgan fingerprint density at radius 1 is 1.46 bits per heavy atom. The Bertz CT molecular complexity index is 732. The molecule has 1 aromatic rings. The smallest absolute Gasteiger partial charge is 0.337 e. The van der Waals surface area contributed by atoms with Crippen molar-refractivity contribution in [1.82, 2.24) is 4.90 Å². The zero-order valence-electron chi connectivity index (χ0n) is 12.8. The van der Waals surface area contributed by atoms with Gasteiger partial charge in [-0.3, -0.25) is 9.59 Å². The Labute approximate surface area is 146 Å². The van der Waals surface area contributed by atoms with Crippen LogP contribution in [-0.2, 0) is 14.3 Å². The molecule has 0 fully saturated rings. The molecule has 0 spiro atoms. The highest BCUT2D eigenvalue weighted by molar-refractivity contribution is 9.10. The molecule has 0 aromatic heterocycles. The van der Waals surface area contributed by atoms with Crippen molar-refractivity contribution in [3.63, 3.8) is 0 Å². The van der Waals surface area contributed by atoms with Gasteiger partial charge in [-0.05, 0) is 28.1 Å². The van der Waals surface area contributed by atoms with Crippen molar-refractivity contribution in [3.8, 4) is 0 Å². The summed E-state index contributed by atoms with van der Waals surface area (Å²) in [6.45, 7) is -0.164. The predicted molar refractivity (Wildman–Crippen MR) is 89.0 cm³/mol. The molecule has 128 valence electrons. The van der Waals surface area contributed by atoms with Crippen LogP contribution in [0.2, 0.25) is 0 Å². The van der Waals surface area contributed by atoms with Crippen LogP contribution in [0.4, 0.5) is 5.69 Å². The zero-order chi connectivity index (χ0) is 17.9.